The van der Waals surface area contributed by atoms with Crippen LogP contribution in [-0.2, 0) is 13.0 Å². The van der Waals surface area contributed by atoms with E-state index >= 15 is 0 Å². The number of nitrogens with one attached hydrogen (secondary N) is 3. The third-order valence-electron chi connectivity index (χ3n) is 4.87. The molecule has 0 radical (unpaired) electrons. The highest BCUT2D eigenvalue weighted by Crippen LogP contribution is 2.28. The normalized spacial score (nSPS) is 11.1. The average molecular weight is 441 g/mol. The molecule has 1 amide bonds. The van der Waals surface area contributed by atoms with E-state index in [9.17, 15) is 4.79 Å². The molecule has 0 fully saturated rings. The third-order valence-corrected chi connectivity index (χ3v) is 4.87. The quantitative estimate of drug-likeness (QED) is 0.267. The van der Waals surface area contributed by atoms with Crippen molar-refractivity contribution in [2.45, 2.75) is 39.7 Å². The summed E-state index contributed by atoms with van der Waals surface area (Å²) in [5.41, 5.74) is 2.91. The summed E-state index contributed by atoms with van der Waals surface area (Å²) < 4.78 is 11.0. The number of methoxy groups -OCH3 is 1. The minimum atomic E-state index is -0.0396. The van der Waals surface area contributed by atoms with Gasteiger partial charge in [0.2, 0.25) is 0 Å². The van der Waals surface area contributed by atoms with Gasteiger partial charge >= 0.3 is 0 Å². The van der Waals surface area contributed by atoms with Crippen molar-refractivity contribution in [1.29, 1.82) is 0 Å². The molecule has 7 nitrogen and oxygen atoms in total. The van der Waals surface area contributed by atoms with Gasteiger partial charge in [-0.25, -0.2) is 0 Å². The number of ether oxygens (including phenoxy) is 2. The van der Waals surface area contributed by atoms with E-state index < -0.39 is 0 Å². The highest BCUT2D eigenvalue weighted by molar-refractivity contribution is 5.94. The van der Waals surface area contributed by atoms with Crippen molar-refractivity contribution >= 4 is 11.9 Å². The number of hydrogen-bond acceptors (Lipinski definition) is 4. The smallest absolute Gasteiger partial charge is 0.251 e. The van der Waals surface area contributed by atoms with Crippen molar-refractivity contribution in [3.63, 3.8) is 0 Å². The molecule has 0 unspecified atom stereocenters. The van der Waals surface area contributed by atoms with Crippen molar-refractivity contribution in [1.82, 2.24) is 16.0 Å². The van der Waals surface area contributed by atoms with E-state index in [0.717, 1.165) is 48.8 Å². The second-order valence-electron chi connectivity index (χ2n) is 7.33. The van der Waals surface area contributed by atoms with Crippen LogP contribution in [0.5, 0.6) is 11.5 Å². The predicted octanol–water partition coefficient (Wildman–Crippen LogP) is 3.53. The first-order valence-electron chi connectivity index (χ1n) is 11.2. The average Bonchev–Trinajstić information content (AvgIpc) is 2.82. The van der Waals surface area contributed by atoms with Gasteiger partial charge in [-0.05, 0) is 61.6 Å². The fraction of sp³-hybridized carbons (Fsp3) is 0.440. The zero-order chi connectivity index (χ0) is 23.2. The summed E-state index contributed by atoms with van der Waals surface area (Å²) in [5.74, 6) is 2.23. The first kappa shape index (κ1) is 25.0. The zero-order valence-corrected chi connectivity index (χ0v) is 19.7. The van der Waals surface area contributed by atoms with Gasteiger partial charge in [-0.2, -0.15) is 0 Å². The standard InChI is InChI=1S/C25H36N4O3/c1-5-14-27-24(30)21-11-7-9-20(16-21)18-29-25(26-3)28-15-8-10-19-12-13-22(31-4)23(17-19)32-6-2/h7,9,11-13,16-17H,5-6,8,10,14-15,18H2,1-4H3,(H,27,30)(H2,26,28,29). The van der Waals surface area contributed by atoms with Gasteiger partial charge < -0.3 is 25.4 Å². The molecule has 7 heteroatoms. The lowest BCUT2D eigenvalue weighted by molar-refractivity contribution is 0.0953. The molecule has 0 saturated heterocycles. The maximum atomic E-state index is 12.2. The van der Waals surface area contributed by atoms with Gasteiger partial charge in [-0.15, -0.1) is 0 Å². The number of aliphatic imine (C=N–C) groups is 1. The molecule has 2 aromatic rings. The topological polar surface area (TPSA) is 84.0 Å². The van der Waals surface area contributed by atoms with Crippen LogP contribution in [0.15, 0.2) is 47.5 Å². The van der Waals surface area contributed by atoms with Gasteiger partial charge in [0.1, 0.15) is 0 Å². The largest absolute Gasteiger partial charge is 0.493 e. The number of carbonyl (C=O) groups excluding carboxylic acids is 1. The highest BCUT2D eigenvalue weighted by Gasteiger charge is 2.07. The lowest BCUT2D eigenvalue weighted by Crippen LogP contribution is -2.37. The summed E-state index contributed by atoms with van der Waals surface area (Å²) in [7, 11) is 3.40. The monoisotopic (exact) mass is 440 g/mol. The molecule has 2 aromatic carbocycles. The van der Waals surface area contributed by atoms with E-state index in [2.05, 4.69) is 27.0 Å². The molecule has 0 aliphatic heterocycles. The van der Waals surface area contributed by atoms with Crippen LogP contribution in [0.25, 0.3) is 0 Å². The zero-order valence-electron chi connectivity index (χ0n) is 19.7. The fourth-order valence-corrected chi connectivity index (χ4v) is 3.21. The molecule has 0 aliphatic rings. The molecule has 3 N–H and O–H groups in total. The Labute approximate surface area is 191 Å². The van der Waals surface area contributed by atoms with E-state index in [-0.39, 0.29) is 5.91 Å². The highest BCUT2D eigenvalue weighted by atomic mass is 16.5. The van der Waals surface area contributed by atoms with Crippen molar-refractivity contribution in [3.8, 4) is 11.5 Å². The molecule has 0 bridgehead atoms. The molecule has 0 atom stereocenters. The van der Waals surface area contributed by atoms with Crippen LogP contribution in [-0.4, -0.2) is 45.7 Å². The van der Waals surface area contributed by atoms with Crippen LogP contribution in [0, 0.1) is 0 Å². The van der Waals surface area contributed by atoms with Crippen molar-refractivity contribution < 1.29 is 14.3 Å². The van der Waals surface area contributed by atoms with Gasteiger partial charge in [-0.3, -0.25) is 9.79 Å². The van der Waals surface area contributed by atoms with Crippen LogP contribution >= 0.6 is 0 Å². The Bertz CT molecular complexity index is 883. The first-order valence-corrected chi connectivity index (χ1v) is 11.2. The summed E-state index contributed by atoms with van der Waals surface area (Å²) in [5, 5.41) is 9.55. The number of guanidine groups is 1. The van der Waals surface area contributed by atoms with Crippen LogP contribution in [0.1, 0.15) is 48.2 Å². The molecule has 2 rings (SSSR count). The predicted molar refractivity (Wildman–Crippen MR) is 130 cm³/mol. The molecular weight excluding hydrogens is 404 g/mol. The number of rotatable bonds is 12. The van der Waals surface area contributed by atoms with E-state index in [4.69, 9.17) is 9.47 Å². The number of carbonyl (C=O) groups is 1. The van der Waals surface area contributed by atoms with Crippen molar-refractivity contribution in [2.24, 2.45) is 4.99 Å². The SMILES string of the molecule is CCCNC(=O)c1cccc(CNC(=NC)NCCCc2ccc(OC)c(OCC)c2)c1. The second kappa shape index (κ2) is 14.0. The van der Waals surface area contributed by atoms with Gasteiger partial charge in [-0.1, -0.05) is 25.1 Å². The van der Waals surface area contributed by atoms with Crippen LogP contribution in [0.3, 0.4) is 0 Å². The lowest BCUT2D eigenvalue weighted by Gasteiger charge is -2.13. The summed E-state index contributed by atoms with van der Waals surface area (Å²) in [6.45, 7) is 6.66. The Morgan fingerprint density at radius 2 is 1.81 bits per heavy atom. The number of nitrogens with zero attached hydrogens (tertiary/aromatic N) is 1. The lowest BCUT2D eigenvalue weighted by atomic mass is 10.1. The maximum absolute atomic E-state index is 12.2. The van der Waals surface area contributed by atoms with Gasteiger partial charge in [0, 0.05) is 32.2 Å². The third kappa shape index (κ3) is 8.13. The minimum absolute atomic E-state index is 0.0396. The van der Waals surface area contributed by atoms with Gasteiger partial charge in [0.05, 0.1) is 13.7 Å². The van der Waals surface area contributed by atoms with Crippen molar-refractivity contribution in [2.75, 3.05) is 33.9 Å². The summed E-state index contributed by atoms with van der Waals surface area (Å²) in [4.78, 5) is 16.4. The van der Waals surface area contributed by atoms with Crippen LogP contribution in [0.2, 0.25) is 0 Å². The Hall–Kier alpha value is -3.22. The van der Waals surface area contributed by atoms with Crippen molar-refractivity contribution in [3.05, 3.63) is 59.2 Å². The van der Waals surface area contributed by atoms with Crippen LogP contribution in [0.4, 0.5) is 0 Å². The van der Waals surface area contributed by atoms with E-state index in [0.29, 0.717) is 25.3 Å². The Morgan fingerprint density at radius 1 is 0.969 bits per heavy atom. The number of hydrogen-bond donors (Lipinski definition) is 3. The van der Waals surface area contributed by atoms with E-state index in [1.807, 2.05) is 50.2 Å². The van der Waals surface area contributed by atoms with Gasteiger partial charge in [0.25, 0.3) is 5.91 Å². The maximum Gasteiger partial charge on any atom is 0.251 e. The van der Waals surface area contributed by atoms with Crippen LogP contribution < -0.4 is 25.4 Å². The second-order valence-corrected chi connectivity index (χ2v) is 7.33. The molecule has 0 saturated carbocycles. The number of aryl methyl sites for hydroxylation is 1. The van der Waals surface area contributed by atoms with E-state index in [1.54, 1.807) is 14.2 Å². The van der Waals surface area contributed by atoms with Gasteiger partial charge in [0.15, 0.2) is 17.5 Å². The summed E-state index contributed by atoms with van der Waals surface area (Å²) in [6, 6.07) is 13.7. The molecular formula is C25H36N4O3. The molecule has 174 valence electrons. The molecule has 0 heterocycles. The molecule has 0 aromatic heterocycles. The summed E-state index contributed by atoms with van der Waals surface area (Å²) in [6.07, 6.45) is 2.79. The molecule has 32 heavy (non-hydrogen) atoms. The Morgan fingerprint density at radius 3 is 2.53 bits per heavy atom. The molecule has 0 aliphatic carbocycles. The minimum Gasteiger partial charge on any atom is -0.493 e. The molecule has 0 spiro atoms. The summed E-state index contributed by atoms with van der Waals surface area (Å²) >= 11 is 0. The van der Waals surface area contributed by atoms with E-state index in [1.165, 1.54) is 5.56 Å². The Balaban J connectivity index is 1.79. The first-order chi connectivity index (χ1) is 15.6. The Kier molecular flexibility index (Phi) is 10.9. The number of amides is 1. The fourth-order valence-electron chi connectivity index (χ4n) is 3.21. The number of benzene rings is 2.